The third-order valence-corrected chi connectivity index (χ3v) is 4.71. The summed E-state index contributed by atoms with van der Waals surface area (Å²) in [5.74, 6) is 0. The smallest absolute Gasteiger partial charge is 0.309 e. The van der Waals surface area contributed by atoms with Crippen LogP contribution in [0, 0.1) is 0 Å². The molecule has 0 aliphatic carbocycles. The molecule has 148 valence electrons. The van der Waals surface area contributed by atoms with E-state index in [1.807, 2.05) is 0 Å². The monoisotopic (exact) mass is 367 g/mol. The Labute approximate surface area is 150 Å². The van der Waals surface area contributed by atoms with Crippen molar-refractivity contribution in [2.45, 2.75) is 85.0 Å². The molecule has 0 saturated carbocycles. The summed E-state index contributed by atoms with van der Waals surface area (Å²) in [7, 11) is 0.628. The molecule has 6 heteroatoms. The van der Waals surface area contributed by atoms with Crippen molar-refractivity contribution in [1.82, 2.24) is 4.90 Å². The summed E-state index contributed by atoms with van der Waals surface area (Å²) in [5.41, 5.74) is 0. The lowest BCUT2D eigenvalue weighted by Crippen LogP contribution is -2.12. The van der Waals surface area contributed by atoms with Gasteiger partial charge in [0.15, 0.2) is 0 Å². The number of phosphoric acid groups is 1. The predicted molar refractivity (Wildman–Crippen MR) is 103 cm³/mol. The summed E-state index contributed by atoms with van der Waals surface area (Å²) in [5, 5.41) is 0. The van der Waals surface area contributed by atoms with Gasteiger partial charge in [-0.3, -0.25) is 9.05 Å². The summed E-state index contributed by atoms with van der Waals surface area (Å²) in [6, 6.07) is 0. The molecule has 0 amide bonds. The number of nitrogens with zero attached hydrogens (tertiary/aromatic N) is 1. The van der Waals surface area contributed by atoms with Gasteiger partial charge in [0.05, 0.1) is 13.2 Å². The van der Waals surface area contributed by atoms with Gasteiger partial charge in [-0.2, -0.15) is 0 Å². The van der Waals surface area contributed by atoms with Gasteiger partial charge in [-0.05, 0) is 40.9 Å². The molecule has 0 aromatic carbocycles. The molecule has 0 fully saturated rings. The third kappa shape index (κ3) is 24.3. The highest BCUT2D eigenvalue weighted by atomic mass is 31.2. The van der Waals surface area contributed by atoms with Crippen molar-refractivity contribution in [1.29, 1.82) is 0 Å². The van der Waals surface area contributed by atoms with Crippen LogP contribution in [-0.4, -0.2) is 43.6 Å². The second-order valence-corrected chi connectivity index (χ2v) is 7.74. The fourth-order valence-electron chi connectivity index (χ4n) is 2.28. The molecule has 0 unspecified atom stereocenters. The number of unbranched alkanes of at least 4 members (excludes halogenated alkanes) is 9. The maximum atomic E-state index is 10.5. The van der Waals surface area contributed by atoms with Gasteiger partial charge in [0.2, 0.25) is 0 Å². The first-order chi connectivity index (χ1) is 11.4. The summed E-state index contributed by atoms with van der Waals surface area (Å²) < 4.78 is 19.2. The van der Waals surface area contributed by atoms with Gasteiger partial charge in [0.1, 0.15) is 0 Å². The Morgan fingerprint density at radius 3 is 1.46 bits per heavy atom. The molecule has 0 aliphatic heterocycles. The minimum atomic E-state index is -3.69. The van der Waals surface area contributed by atoms with E-state index in [-0.39, 0.29) is 13.2 Å². The molecule has 5 nitrogen and oxygen atoms in total. The van der Waals surface area contributed by atoms with E-state index in [9.17, 15) is 4.57 Å². The standard InChI is InChI=1S/C14H31N.C4H11O4P/c1-4-5-6-7-8-9-10-11-12-13-14-15(2)3;1-3-7-9(5,6)8-4-2/h4-14H2,1-3H3;3-4H2,1-2H3,(H,5,6). The lowest BCUT2D eigenvalue weighted by Gasteiger charge is -2.08. The Bertz CT molecular complexity index is 278. The fourth-order valence-corrected chi connectivity index (χ4v) is 3.01. The largest absolute Gasteiger partial charge is 0.472 e. The average Bonchev–Trinajstić information content (AvgIpc) is 2.49. The van der Waals surface area contributed by atoms with Crippen LogP contribution in [0.1, 0.15) is 85.0 Å². The molecular formula is C18H42NO4P. The van der Waals surface area contributed by atoms with Gasteiger partial charge in [-0.1, -0.05) is 64.7 Å². The first kappa shape index (κ1) is 26.3. The topological polar surface area (TPSA) is 59.0 Å². The number of hydrogen-bond acceptors (Lipinski definition) is 4. The molecule has 0 radical (unpaired) electrons. The average molecular weight is 368 g/mol. The first-order valence-electron chi connectivity index (χ1n) is 9.66. The number of hydrogen-bond donors (Lipinski definition) is 1. The zero-order chi connectivity index (χ0) is 18.7. The van der Waals surface area contributed by atoms with Gasteiger partial charge in [0, 0.05) is 0 Å². The van der Waals surface area contributed by atoms with Gasteiger partial charge in [-0.15, -0.1) is 0 Å². The lowest BCUT2D eigenvalue weighted by molar-refractivity contribution is 0.161. The second kappa shape index (κ2) is 19.4. The summed E-state index contributed by atoms with van der Waals surface area (Å²) in [4.78, 5) is 10.9. The Morgan fingerprint density at radius 1 is 0.750 bits per heavy atom. The van der Waals surface area contributed by atoms with E-state index in [0.29, 0.717) is 0 Å². The molecule has 0 bridgehead atoms. The van der Waals surface area contributed by atoms with E-state index in [4.69, 9.17) is 4.89 Å². The van der Waals surface area contributed by atoms with Gasteiger partial charge < -0.3 is 9.79 Å². The van der Waals surface area contributed by atoms with Crippen molar-refractivity contribution in [2.75, 3.05) is 33.9 Å². The molecule has 0 aromatic heterocycles. The highest BCUT2D eigenvalue weighted by Gasteiger charge is 2.17. The van der Waals surface area contributed by atoms with Crippen LogP contribution in [0.2, 0.25) is 0 Å². The van der Waals surface area contributed by atoms with Crippen LogP contribution in [0.4, 0.5) is 0 Å². The van der Waals surface area contributed by atoms with Crippen LogP contribution < -0.4 is 0 Å². The predicted octanol–water partition coefficient (Wildman–Crippen LogP) is 5.63. The SMILES string of the molecule is CCCCCCCCCCCCN(C)C.CCOP(=O)(O)OCC. The number of phosphoric ester groups is 1. The highest BCUT2D eigenvalue weighted by Crippen LogP contribution is 2.42. The normalized spacial score (nSPS) is 11.5. The molecule has 24 heavy (non-hydrogen) atoms. The minimum Gasteiger partial charge on any atom is -0.309 e. The minimum absolute atomic E-state index is 0.188. The van der Waals surface area contributed by atoms with Crippen LogP contribution in [0.5, 0.6) is 0 Å². The van der Waals surface area contributed by atoms with E-state index < -0.39 is 7.82 Å². The van der Waals surface area contributed by atoms with Gasteiger partial charge in [0.25, 0.3) is 0 Å². The fraction of sp³-hybridized carbons (Fsp3) is 1.00. The van der Waals surface area contributed by atoms with Crippen LogP contribution >= 0.6 is 7.82 Å². The molecule has 0 saturated heterocycles. The Morgan fingerprint density at radius 2 is 1.12 bits per heavy atom. The van der Waals surface area contributed by atoms with E-state index in [1.54, 1.807) is 13.8 Å². The molecule has 1 N–H and O–H groups in total. The van der Waals surface area contributed by atoms with E-state index in [0.717, 1.165) is 0 Å². The summed E-state index contributed by atoms with van der Waals surface area (Å²) in [6.07, 6.45) is 14.4. The van der Waals surface area contributed by atoms with E-state index >= 15 is 0 Å². The molecular weight excluding hydrogens is 325 g/mol. The van der Waals surface area contributed by atoms with E-state index in [1.165, 1.54) is 70.8 Å². The highest BCUT2D eigenvalue weighted by molar-refractivity contribution is 7.47. The Hall–Kier alpha value is 0.0700. The zero-order valence-corrected chi connectivity index (χ0v) is 17.7. The Kier molecular flexibility index (Phi) is 21.3. The lowest BCUT2D eigenvalue weighted by atomic mass is 10.1. The van der Waals surface area contributed by atoms with Gasteiger partial charge in [-0.25, -0.2) is 4.57 Å². The molecule has 0 spiro atoms. The van der Waals surface area contributed by atoms with Crippen molar-refractivity contribution < 1.29 is 18.5 Å². The number of rotatable bonds is 15. The molecule has 0 rings (SSSR count). The summed E-state index contributed by atoms with van der Waals surface area (Å²) >= 11 is 0. The van der Waals surface area contributed by atoms with Crippen molar-refractivity contribution in [2.24, 2.45) is 0 Å². The quantitative estimate of drug-likeness (QED) is 0.300. The zero-order valence-electron chi connectivity index (χ0n) is 16.8. The molecule has 0 atom stereocenters. The van der Waals surface area contributed by atoms with Crippen molar-refractivity contribution in [3.05, 3.63) is 0 Å². The van der Waals surface area contributed by atoms with Crippen molar-refractivity contribution in [3.8, 4) is 0 Å². The van der Waals surface area contributed by atoms with Crippen LogP contribution in [-0.2, 0) is 13.6 Å². The second-order valence-electron chi connectivity index (χ2n) is 6.29. The van der Waals surface area contributed by atoms with Crippen LogP contribution in [0.25, 0.3) is 0 Å². The third-order valence-electron chi connectivity index (χ3n) is 3.54. The van der Waals surface area contributed by atoms with Crippen LogP contribution in [0.3, 0.4) is 0 Å². The first-order valence-corrected chi connectivity index (χ1v) is 11.2. The molecule has 0 aliphatic rings. The molecule has 0 aromatic rings. The summed E-state index contributed by atoms with van der Waals surface area (Å²) in [6.45, 7) is 7.17. The maximum absolute atomic E-state index is 10.5. The van der Waals surface area contributed by atoms with Crippen molar-refractivity contribution in [3.63, 3.8) is 0 Å². The van der Waals surface area contributed by atoms with Crippen molar-refractivity contribution >= 4 is 7.82 Å². The van der Waals surface area contributed by atoms with Gasteiger partial charge >= 0.3 is 7.82 Å². The molecule has 0 heterocycles. The van der Waals surface area contributed by atoms with Crippen LogP contribution in [0.15, 0.2) is 0 Å². The Balaban J connectivity index is 0. The van der Waals surface area contributed by atoms with E-state index in [2.05, 4.69) is 35.0 Å². The maximum Gasteiger partial charge on any atom is 0.472 e.